The molecule has 7 aromatic rings. The summed E-state index contributed by atoms with van der Waals surface area (Å²) in [7, 11) is 0. The molecule has 0 bridgehead atoms. The SMILES string of the molecule is Cc1ccc(-c2ccc(-c3ccc(C)s3)s2)s1.Cc1ccc(-c2ccc(C)s2)s1.Cc1ccc(C)cc1.Cc1ccc(C)s1. The van der Waals surface area contributed by atoms with Gasteiger partial charge < -0.3 is 0 Å². The summed E-state index contributed by atoms with van der Waals surface area (Å²) in [6.45, 7) is 17.0. The third-order valence-electron chi connectivity index (χ3n) is 6.39. The van der Waals surface area contributed by atoms with Crippen LogP contribution in [0, 0.1) is 55.4 Å². The largest absolute Gasteiger partial charge is 0.146 e. The molecule has 0 spiro atoms. The Morgan fingerprint density at radius 2 is 0.432 bits per heavy atom. The van der Waals surface area contributed by atoms with Crippen LogP contribution in [0.5, 0.6) is 0 Å². The minimum atomic E-state index is 1.33. The first-order valence-corrected chi connectivity index (χ1v) is 19.4. The molecule has 228 valence electrons. The second-order valence-corrected chi connectivity index (χ2v) is 18.3. The lowest BCUT2D eigenvalue weighted by molar-refractivity contribution is 1.40. The predicted octanol–water partition coefficient (Wildman–Crippen LogP) is 14.6. The molecule has 0 amide bonds. The molecular weight excluding hydrogens is 649 g/mol. The van der Waals surface area contributed by atoms with Crippen LogP contribution in [0.1, 0.15) is 40.4 Å². The average Bonchev–Trinajstić information content (AvgIpc) is 3.82. The van der Waals surface area contributed by atoms with E-state index in [0.717, 1.165) is 0 Å². The van der Waals surface area contributed by atoms with E-state index in [2.05, 4.69) is 152 Å². The topological polar surface area (TPSA) is 0 Å². The minimum absolute atomic E-state index is 1.33. The smallest absolute Gasteiger partial charge is 0.0449 e. The Balaban J connectivity index is 0.000000143. The average molecular weight is 689 g/mol. The number of thiophene rings is 6. The van der Waals surface area contributed by atoms with Gasteiger partial charge in [0.25, 0.3) is 0 Å². The van der Waals surface area contributed by atoms with Gasteiger partial charge in [0.05, 0.1) is 0 Å². The normalized spacial score (nSPS) is 10.3. The summed E-state index contributed by atoms with van der Waals surface area (Å²) in [5.74, 6) is 0. The van der Waals surface area contributed by atoms with Crippen molar-refractivity contribution in [3.05, 3.63) is 137 Å². The third-order valence-corrected chi connectivity index (χ3v) is 13.0. The summed E-state index contributed by atoms with van der Waals surface area (Å²) < 4.78 is 0. The monoisotopic (exact) mass is 688 g/mol. The number of aryl methyl sites for hydroxylation is 8. The van der Waals surface area contributed by atoms with Crippen LogP contribution in [-0.2, 0) is 0 Å². The van der Waals surface area contributed by atoms with Crippen molar-refractivity contribution in [2.24, 2.45) is 0 Å². The number of rotatable bonds is 3. The van der Waals surface area contributed by atoms with Crippen molar-refractivity contribution in [3.8, 4) is 29.3 Å². The highest BCUT2D eigenvalue weighted by Crippen LogP contribution is 2.39. The second kappa shape index (κ2) is 16.6. The van der Waals surface area contributed by atoms with Gasteiger partial charge in [0.2, 0.25) is 0 Å². The molecule has 0 atom stereocenters. The van der Waals surface area contributed by atoms with E-state index in [4.69, 9.17) is 0 Å². The van der Waals surface area contributed by atoms with Gasteiger partial charge in [0, 0.05) is 58.5 Å². The van der Waals surface area contributed by atoms with E-state index in [1.807, 2.05) is 68.0 Å². The maximum atomic E-state index is 2.24. The third kappa shape index (κ3) is 10.8. The summed E-state index contributed by atoms with van der Waals surface area (Å²) in [6.07, 6.45) is 0. The maximum Gasteiger partial charge on any atom is 0.0449 e. The highest BCUT2D eigenvalue weighted by molar-refractivity contribution is 7.26. The summed E-state index contributed by atoms with van der Waals surface area (Å²) >= 11 is 11.2. The molecule has 0 radical (unpaired) electrons. The standard InChI is InChI=1S/C14H12S3.C10H10S2.C8H10.C6H8S/c1-9-3-5-11(15-9)13-7-8-14(17-13)12-6-4-10(2)16-12;1-7-3-5-9(11-7)10-6-4-8(2)12-10;1-7-3-5-8(2)6-4-7;1-5-3-4-6(2)7-5/h3-8H,1-2H3;3-6H,1-2H3;3-6H,1-2H3;3-4H,1-2H3. The van der Waals surface area contributed by atoms with Crippen LogP contribution in [0.4, 0.5) is 0 Å². The molecule has 0 nitrogen and oxygen atoms in total. The van der Waals surface area contributed by atoms with E-state index >= 15 is 0 Å². The zero-order valence-corrected chi connectivity index (χ0v) is 31.6. The van der Waals surface area contributed by atoms with Gasteiger partial charge in [0.1, 0.15) is 0 Å². The van der Waals surface area contributed by atoms with E-state index in [9.17, 15) is 0 Å². The van der Waals surface area contributed by atoms with Crippen LogP contribution in [0.2, 0.25) is 0 Å². The first-order valence-electron chi connectivity index (χ1n) is 14.5. The summed E-state index contributed by atoms with van der Waals surface area (Å²) in [6, 6.07) is 34.8. The number of benzene rings is 1. The van der Waals surface area contributed by atoms with Crippen molar-refractivity contribution in [2.75, 3.05) is 0 Å². The Labute approximate surface area is 288 Å². The molecule has 6 heterocycles. The molecule has 1 aromatic carbocycles. The summed E-state index contributed by atoms with van der Waals surface area (Å²) in [5, 5.41) is 0. The van der Waals surface area contributed by atoms with Crippen molar-refractivity contribution >= 4 is 68.0 Å². The Morgan fingerprint density at radius 1 is 0.227 bits per heavy atom. The first kappa shape index (κ1) is 34.3. The molecule has 7 rings (SSSR count). The van der Waals surface area contributed by atoms with Crippen LogP contribution < -0.4 is 0 Å². The van der Waals surface area contributed by atoms with E-state index in [-0.39, 0.29) is 0 Å². The highest BCUT2D eigenvalue weighted by Gasteiger charge is 2.08. The molecule has 6 aromatic heterocycles. The van der Waals surface area contributed by atoms with Gasteiger partial charge in [0.15, 0.2) is 0 Å². The molecule has 0 saturated carbocycles. The van der Waals surface area contributed by atoms with Crippen molar-refractivity contribution in [1.29, 1.82) is 0 Å². The van der Waals surface area contributed by atoms with E-state index < -0.39 is 0 Å². The van der Waals surface area contributed by atoms with E-state index in [1.165, 1.54) is 69.7 Å². The Kier molecular flexibility index (Phi) is 13.0. The maximum absolute atomic E-state index is 2.24. The van der Waals surface area contributed by atoms with Crippen LogP contribution in [0.3, 0.4) is 0 Å². The molecule has 6 heteroatoms. The lowest BCUT2D eigenvalue weighted by Gasteiger charge is -1.90. The Bertz CT molecular complexity index is 1710. The van der Waals surface area contributed by atoms with E-state index in [0.29, 0.717) is 0 Å². The number of hydrogen-bond acceptors (Lipinski definition) is 6. The van der Waals surface area contributed by atoms with Crippen LogP contribution in [0.25, 0.3) is 29.3 Å². The summed E-state index contributed by atoms with van der Waals surface area (Å²) in [4.78, 5) is 16.6. The van der Waals surface area contributed by atoms with Crippen molar-refractivity contribution in [2.45, 2.75) is 55.4 Å². The molecule has 0 unspecified atom stereocenters. The van der Waals surface area contributed by atoms with Crippen LogP contribution in [0.15, 0.2) is 97.1 Å². The second-order valence-electron chi connectivity index (χ2n) is 10.6. The minimum Gasteiger partial charge on any atom is -0.146 e. The zero-order chi connectivity index (χ0) is 31.6. The fraction of sp³-hybridized carbons (Fsp3) is 0.211. The predicted molar refractivity (Wildman–Crippen MR) is 207 cm³/mol. The van der Waals surface area contributed by atoms with Crippen molar-refractivity contribution < 1.29 is 0 Å². The van der Waals surface area contributed by atoms with Crippen LogP contribution >= 0.6 is 68.0 Å². The van der Waals surface area contributed by atoms with Gasteiger partial charge in [-0.15, -0.1) is 68.0 Å². The van der Waals surface area contributed by atoms with E-state index in [1.54, 1.807) is 0 Å². The van der Waals surface area contributed by atoms with Gasteiger partial charge in [-0.3, -0.25) is 0 Å². The van der Waals surface area contributed by atoms with Gasteiger partial charge in [-0.1, -0.05) is 35.4 Å². The molecule has 44 heavy (non-hydrogen) atoms. The summed E-state index contributed by atoms with van der Waals surface area (Å²) in [5.41, 5.74) is 2.66. The first-order chi connectivity index (χ1) is 21.0. The molecule has 0 aliphatic rings. The Hall–Kier alpha value is -2.58. The molecule has 0 fully saturated rings. The van der Waals surface area contributed by atoms with Gasteiger partial charge in [-0.2, -0.15) is 0 Å². The zero-order valence-electron chi connectivity index (χ0n) is 26.7. The van der Waals surface area contributed by atoms with Crippen molar-refractivity contribution in [1.82, 2.24) is 0 Å². The molecule has 0 aliphatic carbocycles. The fourth-order valence-electron chi connectivity index (χ4n) is 4.06. The molecule has 0 saturated heterocycles. The van der Waals surface area contributed by atoms with Crippen molar-refractivity contribution in [3.63, 3.8) is 0 Å². The quantitative estimate of drug-likeness (QED) is 0.173. The molecule has 0 aliphatic heterocycles. The van der Waals surface area contributed by atoms with Gasteiger partial charge in [-0.05, 0) is 128 Å². The Morgan fingerprint density at radius 3 is 0.636 bits per heavy atom. The highest BCUT2D eigenvalue weighted by atomic mass is 32.1. The molecular formula is C38H40S6. The lowest BCUT2D eigenvalue weighted by Crippen LogP contribution is -1.70. The van der Waals surface area contributed by atoms with Gasteiger partial charge >= 0.3 is 0 Å². The lowest BCUT2D eigenvalue weighted by atomic mass is 10.2. The van der Waals surface area contributed by atoms with Crippen LogP contribution in [-0.4, -0.2) is 0 Å². The fourth-order valence-corrected chi connectivity index (χ4v) is 9.59. The number of hydrogen-bond donors (Lipinski definition) is 0. The van der Waals surface area contributed by atoms with Gasteiger partial charge in [-0.25, -0.2) is 0 Å². The molecule has 0 N–H and O–H groups in total.